The monoisotopic (exact) mass is 219 g/mol. The van der Waals surface area contributed by atoms with E-state index in [9.17, 15) is 4.79 Å². The van der Waals surface area contributed by atoms with Crippen molar-refractivity contribution in [3.05, 3.63) is 30.3 Å². The third-order valence-electron chi connectivity index (χ3n) is 3.04. The smallest absolute Gasteiger partial charge is 0.410 e. The predicted octanol–water partition coefficient (Wildman–Crippen LogP) is 1.66. The summed E-state index contributed by atoms with van der Waals surface area (Å²) in [7, 11) is 0. The number of amides is 1. The Kier molecular flexibility index (Phi) is 2.20. The van der Waals surface area contributed by atoms with E-state index in [1.165, 1.54) is 0 Å². The Morgan fingerprint density at radius 3 is 2.94 bits per heavy atom. The molecule has 2 heterocycles. The second-order valence-corrected chi connectivity index (χ2v) is 4.13. The average molecular weight is 219 g/mol. The first-order chi connectivity index (χ1) is 7.83. The van der Waals surface area contributed by atoms with Gasteiger partial charge in [0.05, 0.1) is 6.54 Å². The summed E-state index contributed by atoms with van der Waals surface area (Å²) >= 11 is 0. The molecule has 0 spiro atoms. The number of carbonyl (C=O) groups excluding carboxylic acids is 1. The highest BCUT2D eigenvalue weighted by molar-refractivity contribution is 5.70. The number of ether oxygens (including phenoxy) is 2. The normalized spacial score (nSPS) is 27.8. The van der Waals surface area contributed by atoms with Gasteiger partial charge < -0.3 is 14.4 Å². The summed E-state index contributed by atoms with van der Waals surface area (Å²) < 4.78 is 11.1. The molecule has 16 heavy (non-hydrogen) atoms. The van der Waals surface area contributed by atoms with Gasteiger partial charge in [-0.25, -0.2) is 4.79 Å². The minimum absolute atomic E-state index is 0.00917. The minimum atomic E-state index is -0.204. The highest BCUT2D eigenvalue weighted by atomic mass is 16.6. The van der Waals surface area contributed by atoms with Crippen molar-refractivity contribution in [2.24, 2.45) is 0 Å². The zero-order valence-corrected chi connectivity index (χ0v) is 8.83. The molecule has 4 heteroatoms. The van der Waals surface area contributed by atoms with E-state index in [0.717, 1.165) is 18.7 Å². The standard InChI is InChI=1S/C12H13NO3/c14-12-13-7-6-10(11(8-13)16-12)15-9-4-2-1-3-5-9/h1-5,10-11H,6-8H2. The van der Waals surface area contributed by atoms with Crippen molar-refractivity contribution >= 4 is 6.09 Å². The number of rotatable bonds is 2. The zero-order valence-electron chi connectivity index (χ0n) is 8.83. The molecule has 0 saturated carbocycles. The molecule has 2 atom stereocenters. The van der Waals surface area contributed by atoms with Crippen LogP contribution in [-0.4, -0.2) is 36.3 Å². The number of para-hydroxylation sites is 1. The van der Waals surface area contributed by atoms with Gasteiger partial charge >= 0.3 is 6.09 Å². The van der Waals surface area contributed by atoms with E-state index in [-0.39, 0.29) is 18.3 Å². The molecular formula is C12H13NO3. The van der Waals surface area contributed by atoms with Gasteiger partial charge in [0.15, 0.2) is 6.10 Å². The lowest BCUT2D eigenvalue weighted by molar-refractivity contribution is 0.0396. The van der Waals surface area contributed by atoms with E-state index in [4.69, 9.17) is 9.47 Å². The third-order valence-corrected chi connectivity index (χ3v) is 3.04. The van der Waals surface area contributed by atoms with Crippen LogP contribution in [0.3, 0.4) is 0 Å². The van der Waals surface area contributed by atoms with Gasteiger partial charge in [-0.05, 0) is 12.1 Å². The van der Waals surface area contributed by atoms with Crippen molar-refractivity contribution in [3.8, 4) is 5.75 Å². The molecule has 1 amide bonds. The van der Waals surface area contributed by atoms with Gasteiger partial charge in [-0.1, -0.05) is 18.2 Å². The molecule has 2 saturated heterocycles. The van der Waals surface area contributed by atoms with Crippen molar-refractivity contribution in [1.82, 2.24) is 4.90 Å². The van der Waals surface area contributed by atoms with Gasteiger partial charge in [0.2, 0.25) is 0 Å². The molecule has 0 aromatic heterocycles. The second kappa shape index (κ2) is 3.70. The summed E-state index contributed by atoms with van der Waals surface area (Å²) in [5, 5.41) is 0. The number of benzene rings is 1. The molecule has 2 aliphatic heterocycles. The van der Waals surface area contributed by atoms with Crippen LogP contribution >= 0.6 is 0 Å². The summed E-state index contributed by atoms with van der Waals surface area (Å²) in [5.74, 6) is 0.837. The molecule has 0 aliphatic carbocycles. The van der Waals surface area contributed by atoms with E-state index in [1.807, 2.05) is 30.3 Å². The fourth-order valence-corrected chi connectivity index (χ4v) is 2.19. The number of carbonyl (C=O) groups is 1. The molecule has 2 unspecified atom stereocenters. The molecule has 2 fully saturated rings. The maximum Gasteiger partial charge on any atom is 0.410 e. The molecule has 2 aliphatic rings. The van der Waals surface area contributed by atoms with Crippen LogP contribution in [0.4, 0.5) is 4.79 Å². The molecule has 0 N–H and O–H groups in total. The van der Waals surface area contributed by atoms with E-state index in [0.29, 0.717) is 6.54 Å². The number of nitrogens with zero attached hydrogens (tertiary/aromatic N) is 1. The van der Waals surface area contributed by atoms with Crippen molar-refractivity contribution in [2.45, 2.75) is 18.6 Å². The SMILES string of the molecule is O=C1OC2CN1CCC2Oc1ccccc1. The Balaban J connectivity index is 1.70. The topological polar surface area (TPSA) is 38.8 Å². The number of piperidine rings is 1. The third kappa shape index (κ3) is 1.60. The van der Waals surface area contributed by atoms with Crippen LogP contribution in [0.1, 0.15) is 6.42 Å². The van der Waals surface area contributed by atoms with E-state index >= 15 is 0 Å². The van der Waals surface area contributed by atoms with Crippen LogP contribution < -0.4 is 4.74 Å². The fourth-order valence-electron chi connectivity index (χ4n) is 2.19. The van der Waals surface area contributed by atoms with Crippen LogP contribution in [0.15, 0.2) is 30.3 Å². The maximum atomic E-state index is 11.3. The van der Waals surface area contributed by atoms with Crippen LogP contribution in [0.2, 0.25) is 0 Å². The fraction of sp³-hybridized carbons (Fsp3) is 0.417. The lowest BCUT2D eigenvalue weighted by atomic mass is 10.1. The lowest BCUT2D eigenvalue weighted by Gasteiger charge is -2.27. The molecule has 1 aromatic rings. The summed E-state index contributed by atoms with van der Waals surface area (Å²) in [4.78, 5) is 13.0. The molecular weight excluding hydrogens is 206 g/mol. The van der Waals surface area contributed by atoms with Crippen molar-refractivity contribution in [2.75, 3.05) is 13.1 Å². The summed E-state index contributed by atoms with van der Waals surface area (Å²) in [5.41, 5.74) is 0. The first-order valence-electron chi connectivity index (χ1n) is 5.50. The largest absolute Gasteiger partial charge is 0.486 e. The Bertz CT molecular complexity index is 393. The summed E-state index contributed by atoms with van der Waals surface area (Å²) in [6.45, 7) is 1.39. The van der Waals surface area contributed by atoms with Crippen molar-refractivity contribution in [1.29, 1.82) is 0 Å². The minimum Gasteiger partial charge on any atom is -0.486 e. The van der Waals surface area contributed by atoms with Crippen molar-refractivity contribution in [3.63, 3.8) is 0 Å². The van der Waals surface area contributed by atoms with E-state index in [2.05, 4.69) is 0 Å². The molecule has 84 valence electrons. The second-order valence-electron chi connectivity index (χ2n) is 4.13. The van der Waals surface area contributed by atoms with Gasteiger partial charge in [-0.15, -0.1) is 0 Å². The van der Waals surface area contributed by atoms with E-state index in [1.54, 1.807) is 4.90 Å². The highest BCUT2D eigenvalue weighted by Crippen LogP contribution is 2.26. The highest BCUT2D eigenvalue weighted by Gasteiger charge is 2.42. The van der Waals surface area contributed by atoms with Crippen LogP contribution in [0.25, 0.3) is 0 Å². The summed E-state index contributed by atoms with van der Waals surface area (Å²) in [6, 6.07) is 9.66. The molecule has 1 aromatic carbocycles. The Labute approximate surface area is 93.8 Å². The average Bonchev–Trinajstić information content (AvgIpc) is 2.61. The van der Waals surface area contributed by atoms with Crippen LogP contribution in [-0.2, 0) is 4.74 Å². The first-order valence-corrected chi connectivity index (χ1v) is 5.50. The Hall–Kier alpha value is -1.71. The lowest BCUT2D eigenvalue weighted by Crippen LogP contribution is -2.42. The van der Waals surface area contributed by atoms with Gasteiger partial charge in [0.25, 0.3) is 0 Å². The van der Waals surface area contributed by atoms with Gasteiger partial charge in [-0.3, -0.25) is 0 Å². The Morgan fingerprint density at radius 1 is 1.31 bits per heavy atom. The predicted molar refractivity (Wildman–Crippen MR) is 57.3 cm³/mol. The quantitative estimate of drug-likeness (QED) is 0.759. The zero-order chi connectivity index (χ0) is 11.0. The van der Waals surface area contributed by atoms with Gasteiger partial charge in [-0.2, -0.15) is 0 Å². The molecule has 0 radical (unpaired) electrons. The van der Waals surface area contributed by atoms with Gasteiger partial charge in [0.1, 0.15) is 11.9 Å². The molecule has 4 nitrogen and oxygen atoms in total. The van der Waals surface area contributed by atoms with Crippen LogP contribution in [0.5, 0.6) is 5.75 Å². The molecule has 3 rings (SSSR count). The van der Waals surface area contributed by atoms with Crippen LogP contribution in [0, 0.1) is 0 Å². The summed E-state index contributed by atoms with van der Waals surface area (Å²) in [6.07, 6.45) is 0.515. The molecule has 2 bridgehead atoms. The number of hydrogen-bond acceptors (Lipinski definition) is 3. The Morgan fingerprint density at radius 2 is 2.12 bits per heavy atom. The van der Waals surface area contributed by atoms with Gasteiger partial charge in [0, 0.05) is 13.0 Å². The van der Waals surface area contributed by atoms with Crippen molar-refractivity contribution < 1.29 is 14.3 Å². The number of fused-ring (bicyclic) bond motifs is 2. The van der Waals surface area contributed by atoms with E-state index < -0.39 is 0 Å². The first kappa shape index (κ1) is 9.51. The maximum absolute atomic E-state index is 11.3. The number of hydrogen-bond donors (Lipinski definition) is 0.